The molecule has 1 saturated carbocycles. The maximum absolute atomic E-state index is 12.4. The van der Waals surface area contributed by atoms with Crippen molar-refractivity contribution in [3.05, 3.63) is 34.4 Å². The lowest BCUT2D eigenvalue weighted by Crippen LogP contribution is -2.19. The van der Waals surface area contributed by atoms with Crippen LogP contribution >= 0.6 is 0 Å². The molecule has 2 rings (SSSR count). The highest BCUT2D eigenvalue weighted by Gasteiger charge is 2.42. The third-order valence-corrected chi connectivity index (χ3v) is 4.00. The number of Topliss-reactive ketones (excluding diaryl/α,β-unsaturated/α-hetero) is 2. The molecule has 102 valence electrons. The molecule has 1 aliphatic carbocycles. The van der Waals surface area contributed by atoms with Crippen molar-refractivity contribution in [1.82, 2.24) is 0 Å². The van der Waals surface area contributed by atoms with Gasteiger partial charge in [0.15, 0.2) is 5.78 Å². The molecule has 1 aromatic carbocycles. The fourth-order valence-electron chi connectivity index (χ4n) is 3.25. The van der Waals surface area contributed by atoms with Crippen molar-refractivity contribution >= 4 is 11.6 Å². The Hall–Kier alpha value is -1.48. The van der Waals surface area contributed by atoms with E-state index in [1.165, 1.54) is 0 Å². The molecule has 0 aliphatic heterocycles. The van der Waals surface area contributed by atoms with E-state index in [2.05, 4.69) is 0 Å². The first kappa shape index (κ1) is 13.9. The maximum Gasteiger partial charge on any atom is 0.151 e. The van der Waals surface area contributed by atoms with Crippen LogP contribution in [0.2, 0.25) is 0 Å². The van der Waals surface area contributed by atoms with Crippen LogP contribution < -0.4 is 5.73 Å². The van der Waals surface area contributed by atoms with E-state index in [4.69, 9.17) is 5.73 Å². The van der Waals surface area contributed by atoms with Crippen molar-refractivity contribution in [3.8, 4) is 0 Å². The second-order valence-electron chi connectivity index (χ2n) is 5.59. The van der Waals surface area contributed by atoms with Crippen LogP contribution in [0.1, 0.15) is 41.0 Å². The Labute approximate surface area is 114 Å². The van der Waals surface area contributed by atoms with Gasteiger partial charge in [-0.05, 0) is 50.4 Å². The molecule has 0 heterocycles. The molecule has 1 fully saturated rings. The zero-order valence-corrected chi connectivity index (χ0v) is 11.8. The molecule has 2 N–H and O–H groups in total. The van der Waals surface area contributed by atoms with Crippen molar-refractivity contribution in [2.45, 2.75) is 39.5 Å². The molecule has 3 heteroatoms. The van der Waals surface area contributed by atoms with Gasteiger partial charge in [-0.25, -0.2) is 0 Å². The molecule has 0 saturated heterocycles. The summed E-state index contributed by atoms with van der Waals surface area (Å²) in [5, 5.41) is 0. The van der Waals surface area contributed by atoms with E-state index in [0.717, 1.165) is 22.3 Å². The number of nitrogens with two attached hydrogens (primary N) is 1. The lowest BCUT2D eigenvalue weighted by molar-refractivity contribution is -0.124. The number of aryl methyl sites for hydroxylation is 3. The smallest absolute Gasteiger partial charge is 0.151 e. The summed E-state index contributed by atoms with van der Waals surface area (Å²) in [6.45, 7) is 6.44. The molecule has 3 nitrogen and oxygen atoms in total. The molecule has 1 aliphatic rings. The number of carbonyl (C=O) groups excluding carboxylic acids is 2. The van der Waals surface area contributed by atoms with Crippen LogP contribution in [0.3, 0.4) is 0 Å². The maximum atomic E-state index is 12.4. The van der Waals surface area contributed by atoms with Crippen LogP contribution in [0.15, 0.2) is 12.1 Å². The summed E-state index contributed by atoms with van der Waals surface area (Å²) in [5.74, 6) is -0.622. The predicted octanol–water partition coefficient (Wildman–Crippen LogP) is 2.20. The van der Waals surface area contributed by atoms with E-state index in [-0.39, 0.29) is 17.5 Å². The van der Waals surface area contributed by atoms with E-state index in [0.29, 0.717) is 19.4 Å². The van der Waals surface area contributed by atoms with E-state index in [9.17, 15) is 9.59 Å². The summed E-state index contributed by atoms with van der Waals surface area (Å²) in [5.41, 5.74) is 9.67. The van der Waals surface area contributed by atoms with Gasteiger partial charge in [-0.2, -0.15) is 0 Å². The number of rotatable bonds is 3. The van der Waals surface area contributed by atoms with E-state index < -0.39 is 5.92 Å². The fourth-order valence-corrected chi connectivity index (χ4v) is 3.25. The topological polar surface area (TPSA) is 60.2 Å². The first-order valence-corrected chi connectivity index (χ1v) is 6.80. The third-order valence-electron chi connectivity index (χ3n) is 4.00. The number of hydrogen-bond acceptors (Lipinski definition) is 3. The summed E-state index contributed by atoms with van der Waals surface area (Å²) in [4.78, 5) is 24.6. The van der Waals surface area contributed by atoms with Gasteiger partial charge in [0.1, 0.15) is 11.7 Å². The molecule has 1 aromatic rings. The Morgan fingerprint density at radius 3 is 2.26 bits per heavy atom. The first-order chi connectivity index (χ1) is 8.95. The van der Waals surface area contributed by atoms with Crippen LogP contribution in [-0.4, -0.2) is 18.1 Å². The van der Waals surface area contributed by atoms with Gasteiger partial charge < -0.3 is 5.73 Å². The van der Waals surface area contributed by atoms with Gasteiger partial charge in [0.25, 0.3) is 0 Å². The summed E-state index contributed by atoms with van der Waals surface area (Å²) in [7, 11) is 0. The minimum Gasteiger partial charge on any atom is -0.330 e. The van der Waals surface area contributed by atoms with Crippen LogP contribution in [-0.2, 0) is 9.59 Å². The van der Waals surface area contributed by atoms with Crippen molar-refractivity contribution in [1.29, 1.82) is 0 Å². The molecule has 2 unspecified atom stereocenters. The van der Waals surface area contributed by atoms with Gasteiger partial charge in [-0.3, -0.25) is 9.59 Å². The van der Waals surface area contributed by atoms with Crippen molar-refractivity contribution in [2.24, 2.45) is 11.7 Å². The molecule has 0 radical (unpaired) electrons. The van der Waals surface area contributed by atoms with Crippen molar-refractivity contribution in [2.75, 3.05) is 6.54 Å². The van der Waals surface area contributed by atoms with Crippen LogP contribution in [0.5, 0.6) is 0 Å². The molecular weight excluding hydrogens is 238 g/mol. The van der Waals surface area contributed by atoms with Crippen LogP contribution in [0, 0.1) is 26.7 Å². The highest BCUT2D eigenvalue weighted by molar-refractivity contribution is 6.14. The average Bonchev–Trinajstić information content (AvgIpc) is 2.56. The molecule has 0 spiro atoms. The lowest BCUT2D eigenvalue weighted by atomic mass is 9.86. The molecule has 0 aromatic heterocycles. The van der Waals surface area contributed by atoms with Gasteiger partial charge in [0.2, 0.25) is 0 Å². The van der Waals surface area contributed by atoms with Crippen molar-refractivity contribution < 1.29 is 9.59 Å². The second-order valence-corrected chi connectivity index (χ2v) is 5.59. The highest BCUT2D eigenvalue weighted by Crippen LogP contribution is 2.37. The predicted molar refractivity (Wildman–Crippen MR) is 75.2 cm³/mol. The van der Waals surface area contributed by atoms with Gasteiger partial charge in [-0.15, -0.1) is 0 Å². The van der Waals surface area contributed by atoms with E-state index in [1.54, 1.807) is 0 Å². The Morgan fingerprint density at radius 2 is 1.74 bits per heavy atom. The minimum atomic E-state index is -0.558. The Kier molecular flexibility index (Phi) is 3.85. The van der Waals surface area contributed by atoms with Gasteiger partial charge >= 0.3 is 0 Å². The zero-order chi connectivity index (χ0) is 14.2. The Bertz CT molecular complexity index is 511. The summed E-state index contributed by atoms with van der Waals surface area (Å²) < 4.78 is 0. The van der Waals surface area contributed by atoms with E-state index in [1.807, 2.05) is 32.9 Å². The highest BCUT2D eigenvalue weighted by atomic mass is 16.2. The molecule has 2 atom stereocenters. The molecular formula is C16H21NO2. The number of hydrogen-bond donors (Lipinski definition) is 1. The minimum absolute atomic E-state index is 0.0542. The van der Waals surface area contributed by atoms with E-state index >= 15 is 0 Å². The van der Waals surface area contributed by atoms with Crippen LogP contribution in [0.25, 0.3) is 0 Å². The zero-order valence-electron chi connectivity index (χ0n) is 11.8. The number of benzene rings is 1. The van der Waals surface area contributed by atoms with Gasteiger partial charge in [0, 0.05) is 12.3 Å². The molecule has 19 heavy (non-hydrogen) atoms. The van der Waals surface area contributed by atoms with Crippen molar-refractivity contribution in [3.63, 3.8) is 0 Å². The fraction of sp³-hybridized carbons (Fsp3) is 0.500. The second kappa shape index (κ2) is 5.25. The van der Waals surface area contributed by atoms with Gasteiger partial charge in [-0.1, -0.05) is 17.7 Å². The summed E-state index contributed by atoms with van der Waals surface area (Å²) in [6.07, 6.45) is 0.971. The number of carbonyl (C=O) groups is 2. The lowest BCUT2D eigenvalue weighted by Gasteiger charge is -2.16. The SMILES string of the molecule is Cc1cc(C)c(C2C(=O)CC(CCN)C2=O)c(C)c1. The van der Waals surface area contributed by atoms with Gasteiger partial charge in [0.05, 0.1) is 0 Å². The first-order valence-electron chi connectivity index (χ1n) is 6.80. The molecule has 0 bridgehead atoms. The average molecular weight is 259 g/mol. The van der Waals surface area contributed by atoms with Crippen LogP contribution in [0.4, 0.5) is 0 Å². The largest absolute Gasteiger partial charge is 0.330 e. The third kappa shape index (κ3) is 2.47. The number of ketones is 2. The molecule has 0 amide bonds. The summed E-state index contributed by atoms with van der Waals surface area (Å²) >= 11 is 0. The summed E-state index contributed by atoms with van der Waals surface area (Å²) in [6, 6.07) is 4.08. The standard InChI is InChI=1S/C16H21NO2/c1-9-6-10(2)14(11(3)7-9)15-13(18)8-12(4-5-17)16(15)19/h6-7,12,15H,4-5,8,17H2,1-3H3. The Balaban J connectivity index is 2.42. The normalized spacial score (nSPS) is 23.2. The Morgan fingerprint density at radius 1 is 1.16 bits per heavy atom. The quantitative estimate of drug-likeness (QED) is 0.847. The monoisotopic (exact) mass is 259 g/mol.